The lowest BCUT2D eigenvalue weighted by Crippen LogP contribution is -2.03. The molecule has 0 saturated carbocycles. The van der Waals surface area contributed by atoms with Gasteiger partial charge in [-0.3, -0.25) is 0 Å². The molecule has 0 aliphatic rings. The first kappa shape index (κ1) is 9.30. The third kappa shape index (κ3) is 1.66. The summed E-state index contributed by atoms with van der Waals surface area (Å²) >= 11 is 1.59. The Kier molecular flexibility index (Phi) is 2.56. The van der Waals surface area contributed by atoms with Crippen LogP contribution in [-0.4, -0.2) is 4.98 Å². The van der Waals surface area contributed by atoms with Crippen LogP contribution in [0, 0.1) is 5.82 Å². The number of aromatic nitrogens is 1. The van der Waals surface area contributed by atoms with Crippen LogP contribution < -0.4 is 5.73 Å². The second-order valence-corrected chi connectivity index (χ2v) is 3.62. The monoisotopic (exact) mass is 208 g/mol. The molecule has 2 heterocycles. The van der Waals surface area contributed by atoms with Gasteiger partial charge < -0.3 is 5.73 Å². The topological polar surface area (TPSA) is 38.9 Å². The van der Waals surface area contributed by atoms with Crippen LogP contribution in [0.3, 0.4) is 0 Å². The molecule has 2 nitrogen and oxygen atoms in total. The molecule has 0 unspecified atom stereocenters. The zero-order valence-corrected chi connectivity index (χ0v) is 8.22. The van der Waals surface area contributed by atoms with Crippen LogP contribution in [0.1, 0.15) is 5.69 Å². The molecule has 0 radical (unpaired) electrons. The van der Waals surface area contributed by atoms with Crippen molar-refractivity contribution in [1.29, 1.82) is 0 Å². The minimum Gasteiger partial charge on any atom is -0.325 e. The van der Waals surface area contributed by atoms with E-state index in [2.05, 4.69) is 4.98 Å². The summed E-state index contributed by atoms with van der Waals surface area (Å²) in [6.45, 7) is 0.129. The first-order valence-electron chi connectivity index (χ1n) is 4.19. The Morgan fingerprint density at radius 2 is 2.21 bits per heavy atom. The summed E-state index contributed by atoms with van der Waals surface area (Å²) in [6, 6.07) is 5.02. The van der Waals surface area contributed by atoms with Crippen molar-refractivity contribution in [2.75, 3.05) is 0 Å². The number of halogens is 1. The summed E-state index contributed by atoms with van der Waals surface area (Å²) in [5.74, 6) is -0.341. The highest BCUT2D eigenvalue weighted by atomic mass is 32.1. The number of pyridine rings is 1. The quantitative estimate of drug-likeness (QED) is 0.823. The van der Waals surface area contributed by atoms with E-state index in [-0.39, 0.29) is 12.4 Å². The highest BCUT2D eigenvalue weighted by Gasteiger charge is 2.05. The van der Waals surface area contributed by atoms with Crippen molar-refractivity contribution in [3.05, 3.63) is 40.5 Å². The number of thiophene rings is 1. The lowest BCUT2D eigenvalue weighted by molar-refractivity contribution is 0.600. The molecule has 0 bridgehead atoms. The van der Waals surface area contributed by atoms with Crippen LogP contribution in [0.4, 0.5) is 4.39 Å². The van der Waals surface area contributed by atoms with Crippen molar-refractivity contribution in [2.24, 2.45) is 5.73 Å². The van der Waals surface area contributed by atoms with Crippen molar-refractivity contribution < 1.29 is 4.39 Å². The van der Waals surface area contributed by atoms with E-state index < -0.39 is 0 Å². The average Bonchev–Trinajstić information content (AvgIpc) is 2.71. The average molecular weight is 208 g/mol. The van der Waals surface area contributed by atoms with Crippen molar-refractivity contribution in [1.82, 2.24) is 4.98 Å². The van der Waals surface area contributed by atoms with E-state index >= 15 is 0 Å². The Labute approximate surface area is 85.2 Å². The van der Waals surface area contributed by atoms with Gasteiger partial charge in [0, 0.05) is 17.5 Å². The van der Waals surface area contributed by atoms with Crippen molar-refractivity contribution >= 4 is 11.3 Å². The second kappa shape index (κ2) is 3.86. The largest absolute Gasteiger partial charge is 0.325 e. The Morgan fingerprint density at radius 3 is 2.86 bits per heavy atom. The fourth-order valence-electron chi connectivity index (χ4n) is 1.20. The predicted octanol–water partition coefficient (Wildman–Crippen LogP) is 2.41. The van der Waals surface area contributed by atoms with Gasteiger partial charge in [-0.25, -0.2) is 9.37 Å². The van der Waals surface area contributed by atoms with Gasteiger partial charge in [-0.1, -0.05) is 0 Å². The molecule has 0 fully saturated rings. The fraction of sp³-hybridized carbons (Fsp3) is 0.100. The minimum atomic E-state index is -0.341. The molecule has 2 aromatic heterocycles. The van der Waals surface area contributed by atoms with Crippen LogP contribution in [0.15, 0.2) is 29.0 Å². The lowest BCUT2D eigenvalue weighted by Gasteiger charge is -2.01. The summed E-state index contributed by atoms with van der Waals surface area (Å²) in [4.78, 5) is 4.14. The van der Waals surface area contributed by atoms with E-state index in [4.69, 9.17) is 5.73 Å². The Hall–Kier alpha value is -1.26. The van der Waals surface area contributed by atoms with Gasteiger partial charge in [0.2, 0.25) is 0 Å². The van der Waals surface area contributed by atoms with Gasteiger partial charge >= 0.3 is 0 Å². The van der Waals surface area contributed by atoms with E-state index in [0.29, 0.717) is 5.69 Å². The number of nitrogens with zero attached hydrogens (tertiary/aromatic N) is 1. The summed E-state index contributed by atoms with van der Waals surface area (Å²) in [5.41, 5.74) is 7.46. The molecule has 4 heteroatoms. The smallest absolute Gasteiger partial charge is 0.146 e. The second-order valence-electron chi connectivity index (χ2n) is 2.84. The van der Waals surface area contributed by atoms with Crippen LogP contribution in [-0.2, 0) is 6.54 Å². The fourth-order valence-corrected chi connectivity index (χ4v) is 1.85. The van der Waals surface area contributed by atoms with Crippen LogP contribution in [0.5, 0.6) is 0 Å². The number of rotatable bonds is 2. The summed E-state index contributed by atoms with van der Waals surface area (Å²) in [5, 5.41) is 3.93. The molecule has 2 aromatic rings. The molecule has 2 rings (SSSR count). The van der Waals surface area contributed by atoms with Gasteiger partial charge in [0.15, 0.2) is 0 Å². The van der Waals surface area contributed by atoms with Gasteiger partial charge in [-0.15, -0.1) is 0 Å². The van der Waals surface area contributed by atoms with Crippen LogP contribution in [0.25, 0.3) is 11.3 Å². The molecule has 2 N–H and O–H groups in total. The first-order chi connectivity index (χ1) is 6.81. The molecule has 72 valence electrons. The Morgan fingerprint density at radius 1 is 1.36 bits per heavy atom. The zero-order chi connectivity index (χ0) is 9.97. The van der Waals surface area contributed by atoms with Gasteiger partial charge in [0.25, 0.3) is 0 Å². The predicted molar refractivity (Wildman–Crippen MR) is 55.4 cm³/mol. The normalized spacial score (nSPS) is 10.4. The first-order valence-corrected chi connectivity index (χ1v) is 5.13. The van der Waals surface area contributed by atoms with E-state index in [9.17, 15) is 4.39 Å². The molecule has 0 saturated heterocycles. The maximum Gasteiger partial charge on any atom is 0.146 e. The molecular weight excluding hydrogens is 199 g/mol. The highest BCUT2D eigenvalue weighted by Crippen LogP contribution is 2.20. The maximum atomic E-state index is 13.1. The van der Waals surface area contributed by atoms with Crippen LogP contribution in [0.2, 0.25) is 0 Å². The number of nitrogens with two attached hydrogens (primary N) is 1. The van der Waals surface area contributed by atoms with Gasteiger partial charge in [-0.2, -0.15) is 11.3 Å². The van der Waals surface area contributed by atoms with Gasteiger partial charge in [0.1, 0.15) is 5.82 Å². The maximum absolute atomic E-state index is 13.1. The molecular formula is C10H9FN2S. The van der Waals surface area contributed by atoms with E-state index in [1.54, 1.807) is 17.4 Å². The third-order valence-corrected chi connectivity index (χ3v) is 2.61. The minimum absolute atomic E-state index is 0.129. The van der Waals surface area contributed by atoms with Crippen molar-refractivity contribution in [2.45, 2.75) is 6.54 Å². The molecule has 14 heavy (non-hydrogen) atoms. The molecule has 0 aliphatic heterocycles. The number of hydrogen-bond acceptors (Lipinski definition) is 3. The van der Waals surface area contributed by atoms with E-state index in [1.807, 2.05) is 16.8 Å². The number of hydrogen-bond donors (Lipinski definition) is 1. The van der Waals surface area contributed by atoms with Crippen molar-refractivity contribution in [3.8, 4) is 11.3 Å². The standard InChI is InChI=1S/C10H9FN2S/c11-8-1-2-9(13-10(8)5-12)7-3-4-14-6-7/h1-4,6H,5,12H2. The van der Waals surface area contributed by atoms with Crippen LogP contribution >= 0.6 is 11.3 Å². The van der Waals surface area contributed by atoms with Gasteiger partial charge in [0.05, 0.1) is 11.4 Å². The third-order valence-electron chi connectivity index (χ3n) is 1.93. The molecule has 0 atom stereocenters. The Bertz CT molecular complexity index is 426. The SMILES string of the molecule is NCc1nc(-c2ccsc2)ccc1F. The summed E-state index contributed by atoms with van der Waals surface area (Å²) in [7, 11) is 0. The van der Waals surface area contributed by atoms with E-state index in [0.717, 1.165) is 11.3 Å². The lowest BCUT2D eigenvalue weighted by atomic mass is 10.2. The highest BCUT2D eigenvalue weighted by molar-refractivity contribution is 7.08. The molecule has 0 spiro atoms. The summed E-state index contributed by atoms with van der Waals surface area (Å²) in [6.07, 6.45) is 0. The van der Waals surface area contributed by atoms with E-state index in [1.165, 1.54) is 6.07 Å². The van der Waals surface area contributed by atoms with Crippen molar-refractivity contribution in [3.63, 3.8) is 0 Å². The summed E-state index contributed by atoms with van der Waals surface area (Å²) < 4.78 is 13.1. The molecule has 0 aromatic carbocycles. The zero-order valence-electron chi connectivity index (χ0n) is 7.40. The van der Waals surface area contributed by atoms with Gasteiger partial charge in [-0.05, 0) is 23.6 Å². The molecule has 0 aliphatic carbocycles. The Balaban J connectivity index is 2.46. The molecule has 0 amide bonds.